The van der Waals surface area contributed by atoms with Crippen molar-refractivity contribution >= 4 is 12.0 Å². The van der Waals surface area contributed by atoms with Crippen molar-refractivity contribution in [3.63, 3.8) is 0 Å². The average molecular weight is 286 g/mol. The highest BCUT2D eigenvalue weighted by molar-refractivity contribution is 5.81. The minimum atomic E-state index is -1.02. The summed E-state index contributed by atoms with van der Waals surface area (Å²) < 4.78 is 0. The normalized spacial score (nSPS) is 20.4. The number of hydrogen-bond acceptors (Lipinski definition) is 3. The number of aliphatic carboxylic acids is 1. The molecule has 20 heavy (non-hydrogen) atoms. The SMILES string of the molecule is CC(C)(C)N(CC(=O)O)C(=O)N1CCCCCC1CO. The first-order valence-electron chi connectivity index (χ1n) is 7.18. The predicted molar refractivity (Wildman–Crippen MR) is 75.5 cm³/mol. The van der Waals surface area contributed by atoms with Crippen LogP contribution in [0.4, 0.5) is 4.79 Å². The van der Waals surface area contributed by atoms with E-state index >= 15 is 0 Å². The number of carbonyl (C=O) groups excluding carboxylic acids is 1. The molecular formula is C14H26N2O4. The van der Waals surface area contributed by atoms with Crippen LogP contribution in [0.1, 0.15) is 46.5 Å². The standard InChI is InChI=1S/C14H26N2O4/c1-14(2,3)16(9-12(18)19)13(20)15-8-6-4-5-7-11(15)10-17/h11,17H,4-10H2,1-3H3,(H,18,19). The Morgan fingerprint density at radius 2 is 1.90 bits per heavy atom. The van der Waals surface area contributed by atoms with E-state index in [1.165, 1.54) is 4.90 Å². The monoisotopic (exact) mass is 286 g/mol. The van der Waals surface area contributed by atoms with Crippen LogP contribution in [0.3, 0.4) is 0 Å². The zero-order valence-corrected chi connectivity index (χ0v) is 12.6. The molecule has 6 heteroatoms. The van der Waals surface area contributed by atoms with Gasteiger partial charge >= 0.3 is 12.0 Å². The second-order valence-corrected chi connectivity index (χ2v) is 6.31. The van der Waals surface area contributed by atoms with E-state index in [1.54, 1.807) is 4.90 Å². The van der Waals surface area contributed by atoms with Crippen LogP contribution in [0.25, 0.3) is 0 Å². The first-order valence-corrected chi connectivity index (χ1v) is 7.18. The quantitative estimate of drug-likeness (QED) is 0.824. The molecule has 0 bridgehead atoms. The number of nitrogens with zero attached hydrogens (tertiary/aromatic N) is 2. The summed E-state index contributed by atoms with van der Waals surface area (Å²) in [6.45, 7) is 5.64. The van der Waals surface area contributed by atoms with Gasteiger partial charge < -0.3 is 20.0 Å². The van der Waals surface area contributed by atoms with E-state index in [-0.39, 0.29) is 25.2 Å². The molecule has 0 aliphatic carbocycles. The summed E-state index contributed by atoms with van der Waals surface area (Å²) in [5, 5.41) is 18.5. The highest BCUT2D eigenvalue weighted by Gasteiger charge is 2.34. The summed E-state index contributed by atoms with van der Waals surface area (Å²) in [7, 11) is 0. The zero-order valence-electron chi connectivity index (χ0n) is 12.6. The highest BCUT2D eigenvalue weighted by atomic mass is 16.4. The van der Waals surface area contributed by atoms with Crippen LogP contribution >= 0.6 is 0 Å². The summed E-state index contributed by atoms with van der Waals surface area (Å²) in [5.74, 6) is -1.02. The van der Waals surface area contributed by atoms with E-state index in [4.69, 9.17) is 5.11 Å². The Morgan fingerprint density at radius 3 is 2.40 bits per heavy atom. The molecule has 1 fully saturated rings. The van der Waals surface area contributed by atoms with Gasteiger partial charge in [-0.15, -0.1) is 0 Å². The van der Waals surface area contributed by atoms with Gasteiger partial charge in [0.25, 0.3) is 0 Å². The number of hydrogen-bond donors (Lipinski definition) is 2. The van der Waals surface area contributed by atoms with Crippen molar-refractivity contribution in [1.82, 2.24) is 9.80 Å². The zero-order chi connectivity index (χ0) is 15.3. The van der Waals surface area contributed by atoms with Gasteiger partial charge in [-0.1, -0.05) is 12.8 Å². The van der Waals surface area contributed by atoms with Crippen molar-refractivity contribution in [2.45, 2.75) is 58.0 Å². The van der Waals surface area contributed by atoms with Crippen molar-refractivity contribution in [2.24, 2.45) is 0 Å². The maximum Gasteiger partial charge on any atom is 0.323 e. The second-order valence-electron chi connectivity index (χ2n) is 6.31. The van der Waals surface area contributed by atoms with Crippen LogP contribution in [-0.4, -0.2) is 63.3 Å². The lowest BCUT2D eigenvalue weighted by Crippen LogP contribution is -2.56. The molecule has 0 aromatic heterocycles. The van der Waals surface area contributed by atoms with E-state index in [1.807, 2.05) is 20.8 Å². The van der Waals surface area contributed by atoms with Crippen molar-refractivity contribution < 1.29 is 19.8 Å². The molecule has 1 aliphatic rings. The van der Waals surface area contributed by atoms with Gasteiger partial charge in [0.15, 0.2) is 0 Å². The van der Waals surface area contributed by atoms with Crippen LogP contribution in [0.5, 0.6) is 0 Å². The number of rotatable bonds is 3. The molecule has 6 nitrogen and oxygen atoms in total. The molecular weight excluding hydrogens is 260 g/mol. The fraction of sp³-hybridized carbons (Fsp3) is 0.857. The topological polar surface area (TPSA) is 81.1 Å². The van der Waals surface area contributed by atoms with Crippen LogP contribution in [0, 0.1) is 0 Å². The number of likely N-dealkylation sites (tertiary alicyclic amines) is 1. The molecule has 1 unspecified atom stereocenters. The van der Waals surface area contributed by atoms with Gasteiger partial charge in [0.05, 0.1) is 12.6 Å². The third-order valence-electron chi connectivity index (χ3n) is 3.67. The summed E-state index contributed by atoms with van der Waals surface area (Å²) in [5.41, 5.74) is -0.568. The van der Waals surface area contributed by atoms with Crippen molar-refractivity contribution in [2.75, 3.05) is 19.7 Å². The fourth-order valence-corrected chi connectivity index (χ4v) is 2.50. The third-order valence-corrected chi connectivity index (χ3v) is 3.67. The number of carboxylic acid groups (broad SMARTS) is 1. The fourth-order valence-electron chi connectivity index (χ4n) is 2.50. The lowest BCUT2D eigenvalue weighted by Gasteiger charge is -2.40. The largest absolute Gasteiger partial charge is 0.480 e. The van der Waals surface area contributed by atoms with Gasteiger partial charge in [0, 0.05) is 12.1 Å². The molecule has 1 rings (SSSR count). The van der Waals surface area contributed by atoms with Gasteiger partial charge in [-0.25, -0.2) is 4.79 Å². The Bertz CT molecular complexity index is 352. The Hall–Kier alpha value is -1.30. The third kappa shape index (κ3) is 4.37. The maximum absolute atomic E-state index is 12.7. The van der Waals surface area contributed by atoms with E-state index in [2.05, 4.69) is 0 Å². The molecule has 1 aliphatic heterocycles. The molecule has 0 radical (unpaired) electrons. The molecule has 116 valence electrons. The molecule has 1 saturated heterocycles. The van der Waals surface area contributed by atoms with E-state index in [0.29, 0.717) is 6.54 Å². The summed E-state index contributed by atoms with van der Waals surface area (Å²) >= 11 is 0. The van der Waals surface area contributed by atoms with Gasteiger partial charge in [-0.05, 0) is 33.6 Å². The van der Waals surface area contributed by atoms with Gasteiger partial charge in [0.1, 0.15) is 6.54 Å². The molecule has 0 aromatic rings. The number of amides is 2. The maximum atomic E-state index is 12.7. The number of aliphatic hydroxyl groups is 1. The van der Waals surface area contributed by atoms with Gasteiger partial charge in [0.2, 0.25) is 0 Å². The number of carboxylic acids is 1. The minimum Gasteiger partial charge on any atom is -0.480 e. The average Bonchev–Trinajstić information content (AvgIpc) is 2.58. The smallest absolute Gasteiger partial charge is 0.323 e. The minimum absolute atomic E-state index is 0.0726. The Morgan fingerprint density at radius 1 is 1.25 bits per heavy atom. The van der Waals surface area contributed by atoms with Crippen LogP contribution < -0.4 is 0 Å². The van der Waals surface area contributed by atoms with Crippen LogP contribution in [0.2, 0.25) is 0 Å². The Balaban J connectivity index is 2.93. The lowest BCUT2D eigenvalue weighted by molar-refractivity contribution is -0.138. The molecule has 1 atom stereocenters. The first-order chi connectivity index (χ1) is 9.27. The van der Waals surface area contributed by atoms with Crippen LogP contribution in [0.15, 0.2) is 0 Å². The van der Waals surface area contributed by atoms with Crippen molar-refractivity contribution in [1.29, 1.82) is 0 Å². The van der Waals surface area contributed by atoms with Crippen molar-refractivity contribution in [3.8, 4) is 0 Å². The van der Waals surface area contributed by atoms with Gasteiger partial charge in [-0.2, -0.15) is 0 Å². The Kier molecular flexibility index (Phi) is 5.80. The molecule has 2 N–H and O–H groups in total. The number of urea groups is 1. The number of carbonyl (C=O) groups is 2. The van der Waals surface area contributed by atoms with E-state index in [9.17, 15) is 14.7 Å². The Labute approximate surface area is 120 Å². The molecule has 2 amide bonds. The second kappa shape index (κ2) is 6.92. The predicted octanol–water partition coefficient (Wildman–Crippen LogP) is 1.53. The summed E-state index contributed by atoms with van der Waals surface area (Å²) in [6, 6.07) is -0.496. The molecule has 1 heterocycles. The summed E-state index contributed by atoms with van der Waals surface area (Å²) in [4.78, 5) is 26.7. The summed E-state index contributed by atoms with van der Waals surface area (Å²) in [6.07, 6.45) is 3.69. The van der Waals surface area contributed by atoms with Crippen molar-refractivity contribution in [3.05, 3.63) is 0 Å². The van der Waals surface area contributed by atoms with E-state index < -0.39 is 11.5 Å². The van der Waals surface area contributed by atoms with Crippen LogP contribution in [-0.2, 0) is 4.79 Å². The number of aliphatic hydroxyl groups excluding tert-OH is 1. The molecule has 0 aromatic carbocycles. The first kappa shape index (κ1) is 16.8. The van der Waals surface area contributed by atoms with E-state index in [0.717, 1.165) is 25.7 Å². The van der Waals surface area contributed by atoms with Gasteiger partial charge in [-0.3, -0.25) is 4.79 Å². The molecule has 0 saturated carbocycles. The highest BCUT2D eigenvalue weighted by Crippen LogP contribution is 2.22. The lowest BCUT2D eigenvalue weighted by atomic mass is 10.1. The molecule has 0 spiro atoms.